The van der Waals surface area contributed by atoms with Gasteiger partial charge < -0.3 is 19.4 Å². The Balaban J connectivity index is 0.00000353. The van der Waals surface area contributed by atoms with Gasteiger partial charge in [0.05, 0.1) is 12.3 Å². The third-order valence-electron chi connectivity index (χ3n) is 6.27. The number of hydrogen-bond donors (Lipinski definition) is 0. The molecule has 0 unspecified atom stereocenters. The summed E-state index contributed by atoms with van der Waals surface area (Å²) < 4.78 is 11.9. The molecule has 39 heavy (non-hydrogen) atoms. The van der Waals surface area contributed by atoms with Crippen molar-refractivity contribution in [2.75, 3.05) is 6.61 Å². The van der Waals surface area contributed by atoms with Crippen molar-refractivity contribution in [3.8, 4) is 34.3 Å². The summed E-state index contributed by atoms with van der Waals surface area (Å²) in [6, 6.07) is 31.8. The largest absolute Gasteiger partial charge is 1.00 e. The monoisotopic (exact) mass is 526 g/mol. The van der Waals surface area contributed by atoms with Crippen LogP contribution in [0.25, 0.3) is 33.4 Å². The molecule has 0 fully saturated rings. The van der Waals surface area contributed by atoms with Gasteiger partial charge in [-0.05, 0) is 59.9 Å². The van der Waals surface area contributed by atoms with E-state index >= 15 is 0 Å². The number of benzene rings is 4. The first-order valence-electron chi connectivity index (χ1n) is 12.5. The molecule has 0 atom stereocenters. The van der Waals surface area contributed by atoms with Crippen LogP contribution in [0.4, 0.5) is 0 Å². The van der Waals surface area contributed by atoms with E-state index in [2.05, 4.69) is 19.1 Å². The van der Waals surface area contributed by atoms with Crippen molar-refractivity contribution < 1.29 is 48.9 Å². The van der Waals surface area contributed by atoms with Crippen LogP contribution in [-0.4, -0.2) is 22.5 Å². The van der Waals surface area contributed by atoms with E-state index in [1.54, 1.807) is 0 Å². The molecule has 190 valence electrons. The molecule has 0 bridgehead atoms. The summed E-state index contributed by atoms with van der Waals surface area (Å²) in [6.45, 7) is 2.81. The maximum atomic E-state index is 10.6. The van der Waals surface area contributed by atoms with Gasteiger partial charge in [-0.25, -0.2) is 4.98 Å². The number of carboxylic acids is 1. The van der Waals surface area contributed by atoms with Crippen molar-refractivity contribution in [2.24, 2.45) is 0 Å². The Bertz CT molecular complexity index is 1570. The fraction of sp³-hybridized carbons (Fsp3) is 0.156. The van der Waals surface area contributed by atoms with Crippen LogP contribution < -0.4 is 44.1 Å². The van der Waals surface area contributed by atoms with Crippen molar-refractivity contribution in [3.05, 3.63) is 108 Å². The van der Waals surface area contributed by atoms with Gasteiger partial charge in [-0.3, -0.25) is 0 Å². The topological polar surface area (TPSA) is 84.4 Å². The number of aryl methyl sites for hydroxylation is 1. The van der Waals surface area contributed by atoms with Gasteiger partial charge in [-0.15, -0.1) is 0 Å². The van der Waals surface area contributed by atoms with Crippen LogP contribution in [0, 0.1) is 6.92 Å². The number of hydrogen-bond acceptors (Lipinski definition) is 6. The fourth-order valence-electron chi connectivity index (χ4n) is 4.17. The van der Waals surface area contributed by atoms with Crippen LogP contribution in [0.2, 0.25) is 0 Å². The second-order valence-electron chi connectivity index (χ2n) is 9.04. The van der Waals surface area contributed by atoms with Gasteiger partial charge >= 0.3 is 29.6 Å². The Kier molecular flexibility index (Phi) is 9.71. The average molecular weight is 527 g/mol. The van der Waals surface area contributed by atoms with E-state index in [9.17, 15) is 9.90 Å². The number of rotatable bonds is 10. The molecule has 0 saturated carbocycles. The molecular weight excluding hydrogens is 499 g/mol. The smallest absolute Gasteiger partial charge is 0.550 e. The van der Waals surface area contributed by atoms with E-state index < -0.39 is 5.97 Å². The van der Waals surface area contributed by atoms with E-state index in [1.807, 2.05) is 84.9 Å². The summed E-state index contributed by atoms with van der Waals surface area (Å²) in [4.78, 5) is 20.2. The maximum Gasteiger partial charge on any atom is 1.00 e. The first-order valence-corrected chi connectivity index (χ1v) is 12.5. The van der Waals surface area contributed by atoms with Crippen LogP contribution >= 0.6 is 0 Å². The Morgan fingerprint density at radius 3 is 2.33 bits per heavy atom. The van der Waals surface area contributed by atoms with E-state index in [0.717, 1.165) is 33.2 Å². The van der Waals surface area contributed by atoms with Crippen LogP contribution in [0.5, 0.6) is 11.6 Å². The van der Waals surface area contributed by atoms with E-state index in [1.165, 1.54) is 5.56 Å². The second kappa shape index (κ2) is 13.4. The molecule has 5 rings (SSSR count). The van der Waals surface area contributed by atoms with Gasteiger partial charge in [0.25, 0.3) is 0 Å². The Morgan fingerprint density at radius 2 is 1.54 bits per heavy atom. The van der Waals surface area contributed by atoms with Gasteiger partial charge in [0, 0.05) is 23.2 Å². The zero-order chi connectivity index (χ0) is 26.3. The first-order chi connectivity index (χ1) is 18.5. The molecule has 0 aliphatic rings. The van der Waals surface area contributed by atoms with Crippen molar-refractivity contribution in [2.45, 2.75) is 26.4 Å². The van der Waals surface area contributed by atoms with Gasteiger partial charge in [-0.1, -0.05) is 72.8 Å². The zero-order valence-electron chi connectivity index (χ0n) is 22.1. The minimum Gasteiger partial charge on any atom is -0.550 e. The molecule has 5 aromatic rings. The van der Waals surface area contributed by atoms with E-state index in [4.69, 9.17) is 19.4 Å². The van der Waals surface area contributed by atoms with Crippen LogP contribution in [0.1, 0.15) is 24.0 Å². The molecule has 1 heterocycles. The Labute approximate surface area is 250 Å². The molecule has 1 aromatic heterocycles. The van der Waals surface area contributed by atoms with Crippen molar-refractivity contribution in [1.29, 1.82) is 0 Å². The normalized spacial score (nSPS) is 10.6. The molecule has 0 aliphatic carbocycles. The standard InChI is InChI=1S/C32H28N2O4.Na/c1-22-8-5-6-11-27(22)21-38-30-20-29(23-9-3-2-4-10-23)33-32(34-30)26-14-13-25-19-28(16-15-24(25)18-26)37-17-7-12-31(35)36;/h2-6,8-11,13-16,18-20H,7,12,17,21H2,1H3,(H,35,36);/q;+1/p-1. The van der Waals surface area contributed by atoms with Gasteiger partial charge in [0.15, 0.2) is 5.82 Å². The molecule has 0 amide bonds. The van der Waals surface area contributed by atoms with E-state index in [0.29, 0.717) is 37.1 Å². The van der Waals surface area contributed by atoms with Gasteiger partial charge in [-0.2, -0.15) is 4.98 Å². The maximum absolute atomic E-state index is 10.6. The molecule has 4 aromatic carbocycles. The van der Waals surface area contributed by atoms with Crippen molar-refractivity contribution in [1.82, 2.24) is 9.97 Å². The minimum atomic E-state index is -1.07. The average Bonchev–Trinajstić information content (AvgIpc) is 2.95. The number of nitrogens with zero attached hydrogens (tertiary/aromatic N) is 2. The van der Waals surface area contributed by atoms with Crippen molar-refractivity contribution in [3.63, 3.8) is 0 Å². The van der Waals surface area contributed by atoms with Crippen molar-refractivity contribution >= 4 is 16.7 Å². The summed E-state index contributed by atoms with van der Waals surface area (Å²) >= 11 is 0. The molecular formula is C32H27N2NaO4. The van der Waals surface area contributed by atoms with Crippen LogP contribution in [0.15, 0.2) is 97.1 Å². The van der Waals surface area contributed by atoms with Crippen LogP contribution in [-0.2, 0) is 11.4 Å². The predicted octanol–water partition coefficient (Wildman–Crippen LogP) is 2.76. The predicted molar refractivity (Wildman–Crippen MR) is 146 cm³/mol. The number of carbonyl (C=O) groups is 1. The molecule has 6 nitrogen and oxygen atoms in total. The number of fused-ring (bicyclic) bond motifs is 1. The molecule has 7 heteroatoms. The summed E-state index contributed by atoms with van der Waals surface area (Å²) in [5.74, 6) is 0.716. The number of aromatic nitrogens is 2. The molecule has 0 N–H and O–H groups in total. The molecule has 0 spiro atoms. The van der Waals surface area contributed by atoms with Crippen LogP contribution in [0.3, 0.4) is 0 Å². The Morgan fingerprint density at radius 1 is 0.795 bits per heavy atom. The fourth-order valence-corrected chi connectivity index (χ4v) is 4.17. The molecule has 0 aliphatic heterocycles. The minimum absolute atomic E-state index is 0. The SMILES string of the molecule is Cc1ccccc1COc1cc(-c2ccccc2)nc(-c2ccc3cc(OCCCC(=O)[O-])ccc3c2)n1.[Na+]. The summed E-state index contributed by atoms with van der Waals surface area (Å²) in [7, 11) is 0. The number of ether oxygens (including phenoxy) is 2. The quantitative estimate of drug-likeness (QED) is 0.206. The molecule has 0 radical (unpaired) electrons. The van der Waals surface area contributed by atoms with Gasteiger partial charge in [0.1, 0.15) is 12.4 Å². The number of aliphatic carboxylic acids is 1. The van der Waals surface area contributed by atoms with Gasteiger partial charge in [0.2, 0.25) is 5.88 Å². The Hall–Kier alpha value is -3.71. The number of carbonyl (C=O) groups excluding carboxylic acids is 1. The summed E-state index contributed by atoms with van der Waals surface area (Å²) in [5.41, 5.74) is 4.92. The summed E-state index contributed by atoms with van der Waals surface area (Å²) in [5, 5.41) is 12.6. The second-order valence-corrected chi connectivity index (χ2v) is 9.04. The number of carboxylic acid groups (broad SMARTS) is 1. The third-order valence-corrected chi connectivity index (χ3v) is 6.27. The third kappa shape index (κ3) is 7.45. The molecule has 0 saturated heterocycles. The zero-order valence-corrected chi connectivity index (χ0v) is 24.1. The summed E-state index contributed by atoms with van der Waals surface area (Å²) in [6.07, 6.45) is 0.387. The van der Waals surface area contributed by atoms with E-state index in [-0.39, 0.29) is 36.0 Å². The first kappa shape index (κ1) is 28.3.